The first-order chi connectivity index (χ1) is 12.9. The van der Waals surface area contributed by atoms with Crippen LogP contribution < -0.4 is 15.0 Å². The lowest BCUT2D eigenvalue weighted by Crippen LogP contribution is -2.38. The number of fused-ring (bicyclic) bond motifs is 1. The molecule has 0 spiro atoms. The minimum atomic E-state index is -0.356. The summed E-state index contributed by atoms with van der Waals surface area (Å²) in [6, 6.07) is 11.1. The number of hydrogen-bond acceptors (Lipinski definition) is 3. The molecule has 2 aromatic carbocycles. The van der Waals surface area contributed by atoms with E-state index in [0.29, 0.717) is 11.4 Å². The predicted molar refractivity (Wildman–Crippen MR) is 102 cm³/mol. The van der Waals surface area contributed by atoms with Crippen molar-refractivity contribution in [3.8, 4) is 5.75 Å². The Morgan fingerprint density at radius 3 is 2.63 bits per heavy atom. The van der Waals surface area contributed by atoms with Crippen LogP contribution >= 0.6 is 0 Å². The van der Waals surface area contributed by atoms with Crippen molar-refractivity contribution in [3.63, 3.8) is 0 Å². The predicted octanol–water partition coefficient (Wildman–Crippen LogP) is 3.78. The Balaban J connectivity index is 1.63. The van der Waals surface area contributed by atoms with Gasteiger partial charge in [-0.1, -0.05) is 13.8 Å². The summed E-state index contributed by atoms with van der Waals surface area (Å²) in [5.74, 6) is -0.171. The molecule has 2 aromatic rings. The first-order valence-electron chi connectivity index (χ1n) is 9.06. The van der Waals surface area contributed by atoms with E-state index in [9.17, 15) is 14.0 Å². The van der Waals surface area contributed by atoms with Gasteiger partial charge in [-0.3, -0.25) is 9.59 Å². The number of hydrogen-bond donors (Lipinski definition) is 1. The molecule has 0 atom stereocenters. The second-order valence-corrected chi connectivity index (χ2v) is 6.88. The van der Waals surface area contributed by atoms with Crippen molar-refractivity contribution in [2.45, 2.75) is 26.7 Å². The van der Waals surface area contributed by atoms with E-state index in [1.54, 1.807) is 6.07 Å². The molecule has 6 heteroatoms. The molecule has 0 unspecified atom stereocenters. The van der Waals surface area contributed by atoms with Gasteiger partial charge in [-0.2, -0.15) is 0 Å². The van der Waals surface area contributed by atoms with E-state index in [1.807, 2.05) is 30.9 Å². The number of aryl methyl sites for hydroxylation is 1. The van der Waals surface area contributed by atoms with E-state index >= 15 is 0 Å². The molecule has 0 saturated heterocycles. The third-order valence-electron chi connectivity index (χ3n) is 4.43. The van der Waals surface area contributed by atoms with E-state index in [-0.39, 0.29) is 30.2 Å². The maximum absolute atomic E-state index is 12.9. The van der Waals surface area contributed by atoms with Gasteiger partial charge in [0.15, 0.2) is 6.61 Å². The van der Waals surface area contributed by atoms with Gasteiger partial charge in [-0.05, 0) is 60.9 Å². The Hall–Kier alpha value is -2.89. The van der Waals surface area contributed by atoms with Gasteiger partial charge in [0.2, 0.25) is 5.91 Å². The van der Waals surface area contributed by atoms with Gasteiger partial charge in [-0.15, -0.1) is 0 Å². The Bertz CT molecular complexity index is 834. The quantitative estimate of drug-likeness (QED) is 0.871. The third-order valence-corrected chi connectivity index (χ3v) is 4.43. The SMILES string of the molecule is CC(C)C(=O)N1CCCc2cc(NC(=O)COc3ccc(F)cc3)ccc21. The first kappa shape index (κ1) is 18.9. The van der Waals surface area contributed by atoms with Crippen LogP contribution in [-0.4, -0.2) is 25.0 Å². The molecule has 27 heavy (non-hydrogen) atoms. The van der Waals surface area contributed by atoms with Gasteiger partial charge in [0, 0.05) is 23.8 Å². The molecule has 1 aliphatic heterocycles. The molecule has 142 valence electrons. The Kier molecular flexibility index (Phi) is 5.74. The largest absolute Gasteiger partial charge is 0.484 e. The van der Waals surface area contributed by atoms with Crippen LogP contribution in [0.15, 0.2) is 42.5 Å². The smallest absolute Gasteiger partial charge is 0.262 e. The molecule has 0 saturated carbocycles. The van der Waals surface area contributed by atoms with Crippen LogP contribution in [0.1, 0.15) is 25.8 Å². The van der Waals surface area contributed by atoms with Crippen molar-refractivity contribution in [1.82, 2.24) is 0 Å². The van der Waals surface area contributed by atoms with Crippen molar-refractivity contribution >= 4 is 23.2 Å². The van der Waals surface area contributed by atoms with Gasteiger partial charge in [0.1, 0.15) is 11.6 Å². The number of carbonyl (C=O) groups excluding carboxylic acids is 2. The van der Waals surface area contributed by atoms with Crippen molar-refractivity contribution in [2.75, 3.05) is 23.4 Å². The van der Waals surface area contributed by atoms with Crippen LogP contribution in [0.2, 0.25) is 0 Å². The lowest BCUT2D eigenvalue weighted by Gasteiger charge is -2.31. The number of carbonyl (C=O) groups is 2. The number of nitrogens with zero attached hydrogens (tertiary/aromatic N) is 1. The van der Waals surface area contributed by atoms with Crippen molar-refractivity contribution in [3.05, 3.63) is 53.8 Å². The summed E-state index contributed by atoms with van der Waals surface area (Å²) in [7, 11) is 0. The molecule has 1 aliphatic rings. The number of halogens is 1. The van der Waals surface area contributed by atoms with Gasteiger partial charge in [0.25, 0.3) is 5.91 Å². The average Bonchev–Trinajstić information content (AvgIpc) is 2.66. The molecule has 5 nitrogen and oxygen atoms in total. The van der Waals surface area contributed by atoms with Crippen LogP contribution in [0.5, 0.6) is 5.75 Å². The molecule has 3 rings (SSSR count). The molecule has 0 aliphatic carbocycles. The van der Waals surface area contributed by atoms with Gasteiger partial charge < -0.3 is 15.0 Å². The molecular weight excluding hydrogens is 347 g/mol. The van der Waals surface area contributed by atoms with Crippen LogP contribution in [0, 0.1) is 11.7 Å². The second kappa shape index (κ2) is 8.20. The van der Waals surface area contributed by atoms with E-state index in [1.165, 1.54) is 24.3 Å². The summed E-state index contributed by atoms with van der Waals surface area (Å²) in [5.41, 5.74) is 2.63. The Morgan fingerprint density at radius 1 is 1.19 bits per heavy atom. The number of amides is 2. The number of nitrogens with one attached hydrogen (secondary N) is 1. The molecule has 1 heterocycles. The molecule has 0 bridgehead atoms. The van der Waals surface area contributed by atoms with E-state index in [4.69, 9.17) is 4.74 Å². The van der Waals surface area contributed by atoms with Crippen LogP contribution in [0.25, 0.3) is 0 Å². The van der Waals surface area contributed by atoms with E-state index in [2.05, 4.69) is 5.32 Å². The standard InChI is InChI=1S/C21H23FN2O3/c1-14(2)21(26)24-11-3-4-15-12-17(7-10-19(15)24)23-20(25)13-27-18-8-5-16(22)6-9-18/h5-10,12,14H,3-4,11,13H2,1-2H3,(H,23,25). The highest BCUT2D eigenvalue weighted by atomic mass is 19.1. The number of benzene rings is 2. The summed E-state index contributed by atoms with van der Waals surface area (Å²) in [4.78, 5) is 26.3. The number of ether oxygens (including phenoxy) is 1. The lowest BCUT2D eigenvalue weighted by atomic mass is 9.99. The minimum absolute atomic E-state index is 0.0565. The summed E-state index contributed by atoms with van der Waals surface area (Å²) in [5, 5.41) is 2.80. The molecule has 0 fully saturated rings. The van der Waals surface area contributed by atoms with Crippen molar-refractivity contribution in [1.29, 1.82) is 0 Å². The fourth-order valence-electron chi connectivity index (χ4n) is 3.09. The highest BCUT2D eigenvalue weighted by Crippen LogP contribution is 2.30. The summed E-state index contributed by atoms with van der Waals surface area (Å²) >= 11 is 0. The van der Waals surface area contributed by atoms with Crippen molar-refractivity contribution < 1.29 is 18.7 Å². The highest BCUT2D eigenvalue weighted by Gasteiger charge is 2.24. The lowest BCUT2D eigenvalue weighted by molar-refractivity contribution is -0.121. The zero-order valence-corrected chi connectivity index (χ0v) is 15.5. The maximum Gasteiger partial charge on any atom is 0.262 e. The number of rotatable bonds is 5. The highest BCUT2D eigenvalue weighted by molar-refractivity contribution is 5.97. The third kappa shape index (κ3) is 4.64. The summed E-state index contributed by atoms with van der Waals surface area (Å²) in [6.07, 6.45) is 1.77. The zero-order chi connectivity index (χ0) is 19.4. The van der Waals surface area contributed by atoms with Crippen molar-refractivity contribution in [2.24, 2.45) is 5.92 Å². The monoisotopic (exact) mass is 370 g/mol. The van der Waals surface area contributed by atoms with Crippen LogP contribution in [-0.2, 0) is 16.0 Å². The van der Waals surface area contributed by atoms with Gasteiger partial charge in [-0.25, -0.2) is 4.39 Å². The zero-order valence-electron chi connectivity index (χ0n) is 15.5. The Labute approximate surface area is 158 Å². The molecule has 0 radical (unpaired) electrons. The molecule has 0 aromatic heterocycles. The second-order valence-electron chi connectivity index (χ2n) is 6.88. The van der Waals surface area contributed by atoms with Gasteiger partial charge in [0.05, 0.1) is 0 Å². The van der Waals surface area contributed by atoms with E-state index < -0.39 is 0 Å². The molecule has 1 N–H and O–H groups in total. The molecule has 2 amide bonds. The average molecular weight is 370 g/mol. The minimum Gasteiger partial charge on any atom is -0.484 e. The van der Waals surface area contributed by atoms with E-state index in [0.717, 1.165) is 30.6 Å². The topological polar surface area (TPSA) is 58.6 Å². The normalized spacial score (nSPS) is 13.3. The Morgan fingerprint density at radius 2 is 1.93 bits per heavy atom. The van der Waals surface area contributed by atoms with Gasteiger partial charge >= 0.3 is 0 Å². The van der Waals surface area contributed by atoms with Crippen LogP contribution in [0.4, 0.5) is 15.8 Å². The number of anilines is 2. The fourth-order valence-corrected chi connectivity index (χ4v) is 3.09. The van der Waals surface area contributed by atoms with Crippen LogP contribution in [0.3, 0.4) is 0 Å². The first-order valence-corrected chi connectivity index (χ1v) is 9.06. The maximum atomic E-state index is 12.9. The molecular formula is C21H23FN2O3. The summed E-state index contributed by atoms with van der Waals surface area (Å²) in [6.45, 7) is 4.35. The summed E-state index contributed by atoms with van der Waals surface area (Å²) < 4.78 is 18.2. The fraction of sp³-hybridized carbons (Fsp3) is 0.333.